The Labute approximate surface area is 127 Å². The van der Waals surface area contributed by atoms with Crippen LogP contribution < -0.4 is 4.74 Å². The monoisotopic (exact) mass is 293 g/mol. The molecule has 0 saturated heterocycles. The van der Waals surface area contributed by atoms with Crippen LogP contribution in [0.4, 0.5) is 0 Å². The van der Waals surface area contributed by atoms with E-state index < -0.39 is 0 Å². The number of ether oxygens (including phenoxy) is 1. The third kappa shape index (κ3) is 5.05. The van der Waals surface area contributed by atoms with Gasteiger partial charge in [-0.05, 0) is 49.9 Å². The zero-order valence-electron chi connectivity index (χ0n) is 13.6. The molecule has 0 radical (unpaired) electrons. The van der Waals surface area contributed by atoms with Gasteiger partial charge in [-0.1, -0.05) is 19.9 Å². The Balaban J connectivity index is 2.66. The maximum atomic E-state index is 12.3. The minimum absolute atomic E-state index is 0.0129. The third-order valence-corrected chi connectivity index (χ3v) is 3.89. The molecule has 118 valence electrons. The number of hydrogen-bond acceptors (Lipinski definition) is 3. The van der Waals surface area contributed by atoms with Crippen LogP contribution in [0, 0.1) is 13.8 Å². The van der Waals surface area contributed by atoms with Crippen LogP contribution in [0.3, 0.4) is 0 Å². The van der Waals surface area contributed by atoms with Crippen molar-refractivity contribution in [3.63, 3.8) is 0 Å². The van der Waals surface area contributed by atoms with Gasteiger partial charge in [-0.25, -0.2) is 0 Å². The molecule has 4 heteroatoms. The second kappa shape index (κ2) is 8.67. The van der Waals surface area contributed by atoms with Crippen LogP contribution >= 0.6 is 0 Å². The fourth-order valence-corrected chi connectivity index (χ4v) is 2.38. The Kier molecular flexibility index (Phi) is 7.23. The molecule has 0 heterocycles. The lowest BCUT2D eigenvalue weighted by molar-refractivity contribution is -0.136. The molecule has 0 bridgehead atoms. The number of carbonyl (C=O) groups is 1. The normalized spacial score (nSPS) is 10.8. The molecule has 0 aliphatic rings. The predicted molar refractivity (Wildman–Crippen MR) is 84.6 cm³/mol. The van der Waals surface area contributed by atoms with E-state index in [0.717, 1.165) is 18.4 Å². The van der Waals surface area contributed by atoms with E-state index in [9.17, 15) is 4.79 Å². The molecule has 1 aromatic rings. The summed E-state index contributed by atoms with van der Waals surface area (Å²) in [4.78, 5) is 14.0. The number of aliphatic hydroxyl groups excluding tert-OH is 1. The molecule has 1 rings (SSSR count). The van der Waals surface area contributed by atoms with E-state index in [2.05, 4.69) is 13.8 Å². The molecule has 0 atom stereocenters. The van der Waals surface area contributed by atoms with Gasteiger partial charge in [0, 0.05) is 12.6 Å². The van der Waals surface area contributed by atoms with E-state index in [0.29, 0.717) is 12.3 Å². The van der Waals surface area contributed by atoms with Gasteiger partial charge in [-0.2, -0.15) is 0 Å². The smallest absolute Gasteiger partial charge is 0.260 e. The first kappa shape index (κ1) is 17.5. The highest BCUT2D eigenvalue weighted by Gasteiger charge is 2.20. The molecular weight excluding hydrogens is 266 g/mol. The molecule has 0 spiro atoms. The largest absolute Gasteiger partial charge is 0.484 e. The molecule has 1 N–H and O–H groups in total. The highest BCUT2D eigenvalue weighted by atomic mass is 16.5. The van der Waals surface area contributed by atoms with E-state index in [1.54, 1.807) is 4.90 Å². The van der Waals surface area contributed by atoms with Gasteiger partial charge < -0.3 is 14.7 Å². The molecule has 0 fully saturated rings. The maximum absolute atomic E-state index is 12.3. The molecule has 0 aliphatic heterocycles. The number of amides is 1. The lowest BCUT2D eigenvalue weighted by Gasteiger charge is -2.30. The molecule has 1 aromatic carbocycles. The summed E-state index contributed by atoms with van der Waals surface area (Å²) >= 11 is 0. The number of nitrogens with zero attached hydrogens (tertiary/aromatic N) is 1. The second-order valence-corrected chi connectivity index (χ2v) is 5.32. The van der Waals surface area contributed by atoms with Gasteiger partial charge >= 0.3 is 0 Å². The quantitative estimate of drug-likeness (QED) is 0.801. The number of aryl methyl sites for hydroxylation is 2. The molecule has 1 amide bonds. The Morgan fingerprint density at radius 3 is 2.43 bits per heavy atom. The maximum Gasteiger partial charge on any atom is 0.260 e. The number of hydrogen-bond donors (Lipinski definition) is 1. The molecule has 0 aromatic heterocycles. The van der Waals surface area contributed by atoms with Crippen molar-refractivity contribution in [2.24, 2.45) is 0 Å². The minimum Gasteiger partial charge on any atom is -0.484 e. The molecular formula is C17H27NO3. The van der Waals surface area contributed by atoms with Crippen molar-refractivity contribution in [1.82, 2.24) is 4.90 Å². The number of benzene rings is 1. The average molecular weight is 293 g/mol. The Hall–Kier alpha value is -1.55. The van der Waals surface area contributed by atoms with Crippen LogP contribution in [-0.4, -0.2) is 41.7 Å². The molecule has 0 unspecified atom stereocenters. The summed E-state index contributed by atoms with van der Waals surface area (Å²) in [6.45, 7) is 8.52. The Morgan fingerprint density at radius 1 is 1.24 bits per heavy atom. The van der Waals surface area contributed by atoms with Crippen molar-refractivity contribution in [3.8, 4) is 5.75 Å². The summed E-state index contributed by atoms with van der Waals surface area (Å²) in [5.74, 6) is 0.635. The van der Waals surface area contributed by atoms with E-state index in [-0.39, 0.29) is 25.2 Å². The standard InChI is InChI=1S/C17H27NO3/c1-5-15(6-2)18(9-10-19)17(20)12-21-16-8-7-13(3)14(4)11-16/h7-8,11,15,19H,5-6,9-10,12H2,1-4H3. The molecule has 0 aliphatic carbocycles. The van der Waals surface area contributed by atoms with Gasteiger partial charge in [-0.15, -0.1) is 0 Å². The van der Waals surface area contributed by atoms with Crippen molar-refractivity contribution >= 4 is 5.91 Å². The Bertz CT molecular complexity index is 455. The first-order valence-electron chi connectivity index (χ1n) is 7.63. The summed E-state index contributed by atoms with van der Waals surface area (Å²) in [6, 6.07) is 5.97. The number of carbonyl (C=O) groups excluding carboxylic acids is 1. The van der Waals surface area contributed by atoms with Gasteiger partial charge in [0.15, 0.2) is 6.61 Å². The fourth-order valence-electron chi connectivity index (χ4n) is 2.38. The van der Waals surface area contributed by atoms with Gasteiger partial charge in [0.25, 0.3) is 5.91 Å². The summed E-state index contributed by atoms with van der Waals surface area (Å²) < 4.78 is 5.60. The summed E-state index contributed by atoms with van der Waals surface area (Å²) in [7, 11) is 0. The lowest BCUT2D eigenvalue weighted by Crippen LogP contribution is -2.44. The molecule has 21 heavy (non-hydrogen) atoms. The van der Waals surface area contributed by atoms with Crippen LogP contribution in [0.5, 0.6) is 5.75 Å². The van der Waals surface area contributed by atoms with Crippen molar-refractivity contribution in [2.45, 2.75) is 46.6 Å². The number of rotatable bonds is 8. The lowest BCUT2D eigenvalue weighted by atomic mass is 10.1. The molecule has 4 nitrogen and oxygen atoms in total. The van der Waals surface area contributed by atoms with Crippen LogP contribution in [0.25, 0.3) is 0 Å². The summed E-state index contributed by atoms with van der Waals surface area (Å²) in [5.41, 5.74) is 2.35. The predicted octanol–water partition coefficient (Wildman–Crippen LogP) is 2.69. The van der Waals surface area contributed by atoms with Gasteiger partial charge in [0.1, 0.15) is 5.75 Å². The van der Waals surface area contributed by atoms with E-state index in [4.69, 9.17) is 9.84 Å². The van der Waals surface area contributed by atoms with Crippen molar-refractivity contribution < 1.29 is 14.6 Å². The average Bonchev–Trinajstić information content (AvgIpc) is 2.48. The van der Waals surface area contributed by atoms with E-state index in [1.807, 2.05) is 32.0 Å². The van der Waals surface area contributed by atoms with Crippen molar-refractivity contribution in [2.75, 3.05) is 19.8 Å². The highest BCUT2D eigenvalue weighted by molar-refractivity contribution is 5.78. The topological polar surface area (TPSA) is 49.8 Å². The zero-order chi connectivity index (χ0) is 15.8. The van der Waals surface area contributed by atoms with Gasteiger partial charge in [0.05, 0.1) is 6.61 Å². The van der Waals surface area contributed by atoms with E-state index in [1.165, 1.54) is 5.56 Å². The minimum atomic E-state index is -0.0732. The fraction of sp³-hybridized carbons (Fsp3) is 0.588. The van der Waals surface area contributed by atoms with Gasteiger partial charge in [-0.3, -0.25) is 4.79 Å². The summed E-state index contributed by atoms with van der Waals surface area (Å²) in [5, 5.41) is 9.14. The van der Waals surface area contributed by atoms with Crippen LogP contribution in [0.1, 0.15) is 37.8 Å². The molecule has 0 saturated carbocycles. The van der Waals surface area contributed by atoms with Crippen molar-refractivity contribution in [1.29, 1.82) is 0 Å². The SMILES string of the molecule is CCC(CC)N(CCO)C(=O)COc1ccc(C)c(C)c1. The van der Waals surface area contributed by atoms with Gasteiger partial charge in [0.2, 0.25) is 0 Å². The second-order valence-electron chi connectivity index (χ2n) is 5.32. The zero-order valence-corrected chi connectivity index (χ0v) is 13.6. The van der Waals surface area contributed by atoms with E-state index >= 15 is 0 Å². The first-order valence-corrected chi connectivity index (χ1v) is 7.63. The van der Waals surface area contributed by atoms with Crippen LogP contribution in [-0.2, 0) is 4.79 Å². The van der Waals surface area contributed by atoms with Crippen LogP contribution in [0.2, 0.25) is 0 Å². The first-order chi connectivity index (χ1) is 10.0. The summed E-state index contributed by atoms with van der Waals surface area (Å²) in [6.07, 6.45) is 1.76. The third-order valence-electron chi connectivity index (χ3n) is 3.89. The van der Waals surface area contributed by atoms with Crippen LogP contribution in [0.15, 0.2) is 18.2 Å². The van der Waals surface area contributed by atoms with Crippen molar-refractivity contribution in [3.05, 3.63) is 29.3 Å². The Morgan fingerprint density at radius 2 is 1.90 bits per heavy atom. The highest BCUT2D eigenvalue weighted by Crippen LogP contribution is 2.17. The number of aliphatic hydroxyl groups is 1.